The number of halogens is 1. The summed E-state index contributed by atoms with van der Waals surface area (Å²) in [6, 6.07) is 1.28. The molecular weight excluding hydrogens is 298 g/mol. The molecule has 0 spiro atoms. The second-order valence-corrected chi connectivity index (χ2v) is 4.98. The molecule has 8 nitrogen and oxygen atoms in total. The van der Waals surface area contributed by atoms with Crippen LogP contribution >= 0.6 is 12.4 Å². The van der Waals surface area contributed by atoms with E-state index in [1.807, 2.05) is 0 Å². The Morgan fingerprint density at radius 2 is 2.43 bits per heavy atom. The zero-order chi connectivity index (χ0) is 14.4. The number of hydrogen-bond donors (Lipinski definition) is 2. The zero-order valence-electron chi connectivity index (χ0n) is 11.7. The van der Waals surface area contributed by atoms with Crippen molar-refractivity contribution in [2.45, 2.75) is 25.8 Å². The fourth-order valence-electron chi connectivity index (χ4n) is 2.33. The summed E-state index contributed by atoms with van der Waals surface area (Å²) < 4.78 is 1.27. The summed E-state index contributed by atoms with van der Waals surface area (Å²) in [5.41, 5.74) is 0. The number of rotatable bonds is 6. The molecule has 0 saturated carbocycles. The number of hydrogen-bond acceptors (Lipinski definition) is 5. The Labute approximate surface area is 128 Å². The molecule has 1 amide bonds. The van der Waals surface area contributed by atoms with Crippen molar-refractivity contribution in [3.05, 3.63) is 22.4 Å². The van der Waals surface area contributed by atoms with Crippen LogP contribution < -0.4 is 10.6 Å². The molecule has 0 aliphatic carbocycles. The van der Waals surface area contributed by atoms with Crippen molar-refractivity contribution >= 4 is 24.1 Å². The molecule has 1 aliphatic rings. The van der Waals surface area contributed by atoms with Crippen LogP contribution in [0.25, 0.3) is 0 Å². The van der Waals surface area contributed by atoms with Crippen LogP contribution in [0.2, 0.25) is 0 Å². The number of carbonyl (C=O) groups excluding carboxylic acids is 1. The van der Waals surface area contributed by atoms with Gasteiger partial charge < -0.3 is 20.7 Å². The summed E-state index contributed by atoms with van der Waals surface area (Å²) in [6.45, 7) is 2.74. The highest BCUT2D eigenvalue weighted by Crippen LogP contribution is 2.12. The van der Waals surface area contributed by atoms with E-state index in [2.05, 4.69) is 15.7 Å². The lowest BCUT2D eigenvalue weighted by Gasteiger charge is -2.22. The van der Waals surface area contributed by atoms with Gasteiger partial charge in [0.05, 0.1) is 17.4 Å². The van der Waals surface area contributed by atoms with E-state index >= 15 is 0 Å². The maximum absolute atomic E-state index is 11.7. The first-order valence-electron chi connectivity index (χ1n) is 6.80. The number of carbonyl (C=O) groups is 1. The molecule has 2 heterocycles. The Morgan fingerprint density at radius 3 is 3.05 bits per heavy atom. The third-order valence-corrected chi connectivity index (χ3v) is 3.39. The van der Waals surface area contributed by atoms with Crippen molar-refractivity contribution in [1.82, 2.24) is 20.4 Å². The van der Waals surface area contributed by atoms with Crippen LogP contribution in [0.5, 0.6) is 0 Å². The molecule has 0 radical (unpaired) electrons. The van der Waals surface area contributed by atoms with E-state index in [4.69, 9.17) is 0 Å². The van der Waals surface area contributed by atoms with Gasteiger partial charge in [0, 0.05) is 6.54 Å². The van der Waals surface area contributed by atoms with E-state index in [0.29, 0.717) is 12.5 Å². The van der Waals surface area contributed by atoms with Gasteiger partial charge in [0.25, 0.3) is 0 Å². The number of piperidine rings is 1. The summed E-state index contributed by atoms with van der Waals surface area (Å²) in [6.07, 6.45) is 4.78. The topological polar surface area (TPSA) is 102 Å². The van der Waals surface area contributed by atoms with Crippen molar-refractivity contribution in [2.24, 2.45) is 5.92 Å². The number of amides is 1. The van der Waals surface area contributed by atoms with E-state index in [1.54, 1.807) is 0 Å². The third-order valence-electron chi connectivity index (χ3n) is 3.39. The van der Waals surface area contributed by atoms with E-state index in [0.717, 1.165) is 19.5 Å². The normalized spacial score (nSPS) is 17.8. The van der Waals surface area contributed by atoms with Gasteiger partial charge in [-0.3, -0.25) is 4.79 Å². The maximum Gasteiger partial charge on any atom is 0.389 e. The van der Waals surface area contributed by atoms with Crippen molar-refractivity contribution in [3.63, 3.8) is 0 Å². The van der Waals surface area contributed by atoms with Gasteiger partial charge >= 0.3 is 5.82 Å². The smallest absolute Gasteiger partial charge is 0.358 e. The number of nitro groups is 1. The van der Waals surface area contributed by atoms with Crippen LogP contribution in [0.3, 0.4) is 0 Å². The van der Waals surface area contributed by atoms with Gasteiger partial charge in [0.1, 0.15) is 6.54 Å². The quantitative estimate of drug-likeness (QED) is 0.594. The average Bonchev–Trinajstić information content (AvgIpc) is 2.88. The van der Waals surface area contributed by atoms with Gasteiger partial charge in [-0.05, 0) is 43.2 Å². The minimum absolute atomic E-state index is 0. The van der Waals surface area contributed by atoms with Crippen LogP contribution in [-0.2, 0) is 11.3 Å². The molecule has 2 N–H and O–H groups in total. The molecule has 1 aromatic rings. The molecule has 1 atom stereocenters. The Morgan fingerprint density at radius 1 is 1.62 bits per heavy atom. The van der Waals surface area contributed by atoms with Gasteiger partial charge in [-0.15, -0.1) is 12.4 Å². The molecule has 1 saturated heterocycles. The first-order valence-corrected chi connectivity index (χ1v) is 6.80. The van der Waals surface area contributed by atoms with Gasteiger partial charge in [0.15, 0.2) is 0 Å². The Kier molecular flexibility index (Phi) is 7.10. The molecule has 2 rings (SSSR count). The molecular formula is C12H20ClN5O3. The van der Waals surface area contributed by atoms with E-state index in [-0.39, 0.29) is 30.7 Å². The minimum atomic E-state index is -0.579. The molecule has 1 unspecified atom stereocenters. The number of aromatic nitrogens is 2. The second-order valence-electron chi connectivity index (χ2n) is 4.98. The highest BCUT2D eigenvalue weighted by molar-refractivity contribution is 5.85. The second kappa shape index (κ2) is 8.58. The monoisotopic (exact) mass is 317 g/mol. The van der Waals surface area contributed by atoms with Crippen LogP contribution in [0.15, 0.2) is 12.3 Å². The predicted molar refractivity (Wildman–Crippen MR) is 79.3 cm³/mol. The molecule has 1 fully saturated rings. The van der Waals surface area contributed by atoms with Crippen molar-refractivity contribution in [1.29, 1.82) is 0 Å². The molecule has 9 heteroatoms. The molecule has 0 bridgehead atoms. The van der Waals surface area contributed by atoms with Gasteiger partial charge in [-0.2, -0.15) is 4.68 Å². The van der Waals surface area contributed by atoms with Gasteiger partial charge in [-0.1, -0.05) is 0 Å². The summed E-state index contributed by atoms with van der Waals surface area (Å²) in [4.78, 5) is 21.6. The summed E-state index contributed by atoms with van der Waals surface area (Å²) >= 11 is 0. The molecule has 0 aromatic carbocycles. The average molecular weight is 318 g/mol. The summed E-state index contributed by atoms with van der Waals surface area (Å²) in [7, 11) is 0. The lowest BCUT2D eigenvalue weighted by molar-refractivity contribution is -0.389. The minimum Gasteiger partial charge on any atom is -0.358 e. The maximum atomic E-state index is 11.7. The number of nitrogens with zero attached hydrogens (tertiary/aromatic N) is 3. The van der Waals surface area contributed by atoms with Gasteiger partial charge in [0.2, 0.25) is 5.91 Å². The molecule has 21 heavy (non-hydrogen) atoms. The Bertz CT molecular complexity index is 473. The number of nitrogens with one attached hydrogen (secondary N) is 2. The van der Waals surface area contributed by atoms with Crippen molar-refractivity contribution < 1.29 is 9.72 Å². The fourth-order valence-corrected chi connectivity index (χ4v) is 2.33. The fraction of sp³-hybridized carbons (Fsp3) is 0.667. The lowest BCUT2D eigenvalue weighted by Crippen LogP contribution is -2.34. The lowest BCUT2D eigenvalue weighted by atomic mass is 9.96. The van der Waals surface area contributed by atoms with Gasteiger partial charge in [-0.25, -0.2) is 0 Å². The van der Waals surface area contributed by atoms with E-state index in [9.17, 15) is 14.9 Å². The largest absolute Gasteiger partial charge is 0.389 e. The van der Waals surface area contributed by atoms with Crippen LogP contribution in [0.1, 0.15) is 19.3 Å². The van der Waals surface area contributed by atoms with Crippen molar-refractivity contribution in [2.75, 3.05) is 19.6 Å². The first-order chi connectivity index (χ1) is 9.65. The Balaban J connectivity index is 0.00000220. The first kappa shape index (κ1) is 17.4. The summed E-state index contributed by atoms with van der Waals surface area (Å²) in [5, 5.41) is 20.3. The summed E-state index contributed by atoms with van der Waals surface area (Å²) in [5.74, 6) is 0.202. The Hall–Kier alpha value is -1.67. The highest BCUT2D eigenvalue weighted by Gasteiger charge is 2.15. The van der Waals surface area contributed by atoms with Crippen LogP contribution in [0, 0.1) is 16.0 Å². The predicted octanol–water partition coefficient (Wildman–Crippen LogP) is 0.719. The van der Waals surface area contributed by atoms with Crippen molar-refractivity contribution in [3.8, 4) is 0 Å². The van der Waals surface area contributed by atoms with E-state index < -0.39 is 4.92 Å². The molecule has 1 aliphatic heterocycles. The van der Waals surface area contributed by atoms with Crippen LogP contribution in [-0.4, -0.2) is 40.2 Å². The molecule has 1 aromatic heterocycles. The zero-order valence-corrected chi connectivity index (χ0v) is 12.5. The highest BCUT2D eigenvalue weighted by atomic mass is 35.5. The third kappa shape index (κ3) is 5.68. The van der Waals surface area contributed by atoms with Crippen LogP contribution in [0.4, 0.5) is 5.82 Å². The SMILES string of the molecule is Cl.O=C(Cn1ccc([N+](=O)[O-])n1)NCCC1CCCNC1. The molecule has 118 valence electrons. The standard InChI is InChI=1S/C12H19N5O3.ClH/c18-12(9-16-7-4-11(15-16)17(19)20)14-6-3-10-2-1-5-13-8-10;/h4,7,10,13H,1-3,5-6,8-9H2,(H,14,18);1H. The van der Waals surface area contributed by atoms with E-state index in [1.165, 1.54) is 29.8 Å².